The number of unbranched alkanes of at least 4 members (excludes halogenated alkanes) is 2. The lowest BCUT2D eigenvalue weighted by Crippen LogP contribution is -2.43. The summed E-state index contributed by atoms with van der Waals surface area (Å²) in [4.78, 5) is 13.6. The van der Waals surface area contributed by atoms with Gasteiger partial charge in [-0.05, 0) is 32.4 Å². The second-order valence-electron chi connectivity index (χ2n) is 5.55. The number of carboxylic acid groups (broad SMARTS) is 1. The summed E-state index contributed by atoms with van der Waals surface area (Å²) in [5.74, 6) is -0.736. The minimum absolute atomic E-state index is 0.209. The first kappa shape index (κ1) is 18.4. The summed E-state index contributed by atoms with van der Waals surface area (Å²) in [6.45, 7) is 11.4. The molecule has 0 aromatic heterocycles. The Morgan fingerprint density at radius 2 is 1.63 bits per heavy atom. The number of nitrogens with zero attached hydrogens (tertiary/aromatic N) is 1. The Hall–Kier alpha value is -0.610. The topological polar surface area (TPSA) is 52.6 Å². The third-order valence-corrected chi connectivity index (χ3v) is 3.22. The number of aliphatic carboxylic acids is 1. The zero-order valence-corrected chi connectivity index (χ0v) is 13.1. The SMILES string of the molecule is CCCCN(CCCC)CCC(NC(C)C)C(=O)O. The van der Waals surface area contributed by atoms with Crippen LogP contribution in [0.25, 0.3) is 0 Å². The molecule has 0 amide bonds. The lowest BCUT2D eigenvalue weighted by molar-refractivity contribution is -0.140. The van der Waals surface area contributed by atoms with Crippen LogP contribution in [0.3, 0.4) is 0 Å². The van der Waals surface area contributed by atoms with Crippen LogP contribution in [0, 0.1) is 0 Å². The van der Waals surface area contributed by atoms with Gasteiger partial charge in [-0.3, -0.25) is 4.79 Å². The van der Waals surface area contributed by atoms with E-state index in [1.807, 2.05) is 13.8 Å². The molecule has 0 radical (unpaired) electrons. The molecule has 0 spiro atoms. The average molecular weight is 272 g/mol. The molecule has 4 heteroatoms. The van der Waals surface area contributed by atoms with Gasteiger partial charge in [0.15, 0.2) is 0 Å². The largest absolute Gasteiger partial charge is 0.480 e. The first-order chi connectivity index (χ1) is 9.01. The Morgan fingerprint density at radius 1 is 1.11 bits per heavy atom. The third kappa shape index (κ3) is 9.91. The van der Waals surface area contributed by atoms with Gasteiger partial charge < -0.3 is 15.3 Å². The zero-order valence-electron chi connectivity index (χ0n) is 13.1. The van der Waals surface area contributed by atoms with Crippen molar-refractivity contribution < 1.29 is 9.90 Å². The van der Waals surface area contributed by atoms with E-state index in [1.54, 1.807) is 0 Å². The smallest absolute Gasteiger partial charge is 0.320 e. The molecular formula is C15H32N2O2. The van der Waals surface area contributed by atoms with Crippen molar-refractivity contribution in [2.75, 3.05) is 19.6 Å². The number of carboxylic acids is 1. The van der Waals surface area contributed by atoms with Crippen molar-refractivity contribution in [3.63, 3.8) is 0 Å². The Labute approximate surface area is 118 Å². The molecule has 0 aliphatic carbocycles. The number of hydrogen-bond donors (Lipinski definition) is 2. The predicted octanol–water partition coefficient (Wildman–Crippen LogP) is 2.73. The van der Waals surface area contributed by atoms with Gasteiger partial charge in [0.2, 0.25) is 0 Å². The maximum Gasteiger partial charge on any atom is 0.320 e. The Morgan fingerprint density at radius 3 is 2.00 bits per heavy atom. The fraction of sp³-hybridized carbons (Fsp3) is 0.933. The molecule has 0 rings (SSSR count). The van der Waals surface area contributed by atoms with E-state index in [0.717, 1.165) is 19.6 Å². The van der Waals surface area contributed by atoms with Crippen molar-refractivity contribution in [3.05, 3.63) is 0 Å². The van der Waals surface area contributed by atoms with E-state index in [0.29, 0.717) is 6.42 Å². The van der Waals surface area contributed by atoms with Gasteiger partial charge in [0.1, 0.15) is 6.04 Å². The molecule has 1 unspecified atom stereocenters. The molecule has 0 saturated carbocycles. The molecule has 0 aromatic rings. The molecule has 0 aliphatic heterocycles. The van der Waals surface area contributed by atoms with Gasteiger partial charge in [0.25, 0.3) is 0 Å². The maximum absolute atomic E-state index is 11.2. The van der Waals surface area contributed by atoms with Gasteiger partial charge in [-0.2, -0.15) is 0 Å². The van der Waals surface area contributed by atoms with Crippen molar-refractivity contribution in [2.24, 2.45) is 0 Å². The first-order valence-electron chi connectivity index (χ1n) is 7.72. The van der Waals surface area contributed by atoms with Crippen LogP contribution in [-0.2, 0) is 4.79 Å². The van der Waals surface area contributed by atoms with Gasteiger partial charge in [0.05, 0.1) is 0 Å². The van der Waals surface area contributed by atoms with E-state index in [4.69, 9.17) is 0 Å². The summed E-state index contributed by atoms with van der Waals surface area (Å²) in [7, 11) is 0. The maximum atomic E-state index is 11.2. The minimum Gasteiger partial charge on any atom is -0.480 e. The van der Waals surface area contributed by atoms with E-state index in [2.05, 4.69) is 24.1 Å². The van der Waals surface area contributed by atoms with Crippen molar-refractivity contribution in [2.45, 2.75) is 71.9 Å². The van der Waals surface area contributed by atoms with Crippen molar-refractivity contribution >= 4 is 5.97 Å². The lowest BCUT2D eigenvalue weighted by Gasteiger charge is -2.25. The molecule has 0 bridgehead atoms. The Bertz CT molecular complexity index is 224. The Kier molecular flexibility index (Phi) is 10.9. The normalized spacial score (nSPS) is 13.2. The van der Waals surface area contributed by atoms with Crippen LogP contribution in [0.4, 0.5) is 0 Å². The van der Waals surface area contributed by atoms with Crippen molar-refractivity contribution in [1.29, 1.82) is 0 Å². The van der Waals surface area contributed by atoms with Crippen LogP contribution in [0.15, 0.2) is 0 Å². The van der Waals surface area contributed by atoms with E-state index < -0.39 is 12.0 Å². The molecule has 0 aliphatic rings. The quantitative estimate of drug-likeness (QED) is 0.573. The molecule has 0 aromatic carbocycles. The molecule has 0 fully saturated rings. The molecule has 114 valence electrons. The highest BCUT2D eigenvalue weighted by Crippen LogP contribution is 2.03. The number of nitrogens with one attached hydrogen (secondary N) is 1. The summed E-state index contributed by atoms with van der Waals surface area (Å²) in [5.41, 5.74) is 0. The number of carbonyl (C=O) groups is 1. The van der Waals surface area contributed by atoms with Crippen molar-refractivity contribution in [3.8, 4) is 0 Å². The summed E-state index contributed by atoms with van der Waals surface area (Å²) in [5, 5.41) is 12.3. The van der Waals surface area contributed by atoms with Crippen LogP contribution in [0.2, 0.25) is 0 Å². The monoisotopic (exact) mass is 272 g/mol. The fourth-order valence-electron chi connectivity index (χ4n) is 2.09. The third-order valence-electron chi connectivity index (χ3n) is 3.22. The lowest BCUT2D eigenvalue weighted by atomic mass is 10.1. The highest BCUT2D eigenvalue weighted by atomic mass is 16.4. The fourth-order valence-corrected chi connectivity index (χ4v) is 2.09. The average Bonchev–Trinajstić information content (AvgIpc) is 2.35. The second kappa shape index (κ2) is 11.2. The Balaban J connectivity index is 4.18. The van der Waals surface area contributed by atoms with Gasteiger partial charge in [-0.15, -0.1) is 0 Å². The van der Waals surface area contributed by atoms with Crippen LogP contribution in [0.5, 0.6) is 0 Å². The summed E-state index contributed by atoms with van der Waals surface area (Å²) in [6.07, 6.45) is 5.45. The highest BCUT2D eigenvalue weighted by Gasteiger charge is 2.18. The van der Waals surface area contributed by atoms with Gasteiger partial charge in [0, 0.05) is 12.6 Å². The van der Waals surface area contributed by atoms with E-state index >= 15 is 0 Å². The highest BCUT2D eigenvalue weighted by molar-refractivity contribution is 5.73. The van der Waals surface area contributed by atoms with Gasteiger partial charge >= 0.3 is 5.97 Å². The zero-order chi connectivity index (χ0) is 14.7. The van der Waals surface area contributed by atoms with Crippen LogP contribution in [-0.4, -0.2) is 47.7 Å². The van der Waals surface area contributed by atoms with E-state index in [-0.39, 0.29) is 6.04 Å². The van der Waals surface area contributed by atoms with Crippen LogP contribution >= 0.6 is 0 Å². The number of hydrogen-bond acceptors (Lipinski definition) is 3. The molecular weight excluding hydrogens is 240 g/mol. The molecule has 1 atom stereocenters. The first-order valence-corrected chi connectivity index (χ1v) is 7.72. The standard InChI is InChI=1S/C15H32N2O2/c1-5-7-10-17(11-8-6-2)12-9-14(15(18)19)16-13(3)4/h13-14,16H,5-12H2,1-4H3,(H,18,19). The van der Waals surface area contributed by atoms with Gasteiger partial charge in [-0.1, -0.05) is 40.5 Å². The molecule has 0 heterocycles. The van der Waals surface area contributed by atoms with E-state index in [9.17, 15) is 9.90 Å². The molecule has 0 saturated heterocycles. The molecule has 19 heavy (non-hydrogen) atoms. The van der Waals surface area contributed by atoms with Gasteiger partial charge in [-0.25, -0.2) is 0 Å². The van der Waals surface area contributed by atoms with Crippen molar-refractivity contribution in [1.82, 2.24) is 10.2 Å². The minimum atomic E-state index is -0.736. The summed E-state index contributed by atoms with van der Waals surface area (Å²) in [6, 6.07) is -0.216. The van der Waals surface area contributed by atoms with Crippen LogP contribution < -0.4 is 5.32 Å². The summed E-state index contributed by atoms with van der Waals surface area (Å²) >= 11 is 0. The summed E-state index contributed by atoms with van der Waals surface area (Å²) < 4.78 is 0. The predicted molar refractivity (Wildman–Crippen MR) is 80.6 cm³/mol. The molecule has 2 N–H and O–H groups in total. The van der Waals surface area contributed by atoms with E-state index in [1.165, 1.54) is 25.7 Å². The molecule has 4 nitrogen and oxygen atoms in total. The number of rotatable bonds is 12. The van der Waals surface area contributed by atoms with Crippen LogP contribution in [0.1, 0.15) is 59.8 Å². The second-order valence-corrected chi connectivity index (χ2v) is 5.55.